The van der Waals surface area contributed by atoms with E-state index >= 15 is 0 Å². The van der Waals surface area contributed by atoms with Gasteiger partial charge in [0.05, 0.1) is 5.56 Å². The lowest BCUT2D eigenvalue weighted by atomic mass is 10.3. The summed E-state index contributed by atoms with van der Waals surface area (Å²) in [7, 11) is 0. The van der Waals surface area contributed by atoms with E-state index in [1.54, 1.807) is 0 Å². The van der Waals surface area contributed by atoms with Gasteiger partial charge in [-0.05, 0) is 12.1 Å². The lowest BCUT2D eigenvalue weighted by molar-refractivity contribution is 0.0696. The van der Waals surface area contributed by atoms with Gasteiger partial charge in [0.2, 0.25) is 0 Å². The van der Waals surface area contributed by atoms with Gasteiger partial charge in [0.15, 0.2) is 0 Å². The van der Waals surface area contributed by atoms with E-state index in [0.29, 0.717) is 5.76 Å². The van der Waals surface area contributed by atoms with Crippen LogP contribution in [-0.4, -0.2) is 20.9 Å². The van der Waals surface area contributed by atoms with Gasteiger partial charge in [-0.1, -0.05) is 0 Å². The van der Waals surface area contributed by atoms with Gasteiger partial charge in [0, 0.05) is 12.3 Å². The molecule has 0 aromatic carbocycles. The zero-order valence-electron chi connectivity index (χ0n) is 8.16. The molecule has 2 rings (SSSR count). The van der Waals surface area contributed by atoms with Crippen LogP contribution in [0.5, 0.6) is 0 Å². The molecule has 0 saturated carbocycles. The van der Waals surface area contributed by atoms with Gasteiger partial charge in [-0.3, -0.25) is 4.79 Å². The third-order valence-electron chi connectivity index (χ3n) is 1.99. The molecule has 0 aliphatic heterocycles. The van der Waals surface area contributed by atoms with Crippen LogP contribution in [0.15, 0.2) is 39.9 Å². The Balaban J connectivity index is 2.24. The molecular formula is C10H8N2O4. The van der Waals surface area contributed by atoms with Crippen molar-refractivity contribution in [2.24, 2.45) is 0 Å². The molecule has 82 valence electrons. The Morgan fingerprint density at radius 3 is 3.00 bits per heavy atom. The first kappa shape index (κ1) is 10.2. The molecule has 0 saturated heterocycles. The first-order valence-corrected chi connectivity index (χ1v) is 4.49. The van der Waals surface area contributed by atoms with Crippen LogP contribution in [0, 0.1) is 0 Å². The second kappa shape index (κ2) is 4.01. The van der Waals surface area contributed by atoms with Crippen molar-refractivity contribution in [2.45, 2.75) is 6.54 Å². The Hall–Kier alpha value is -2.37. The molecule has 6 heteroatoms. The molecule has 16 heavy (non-hydrogen) atoms. The van der Waals surface area contributed by atoms with E-state index in [1.807, 2.05) is 0 Å². The molecule has 2 aromatic heterocycles. The van der Waals surface area contributed by atoms with Crippen LogP contribution in [0.1, 0.15) is 16.1 Å². The lowest BCUT2D eigenvalue weighted by Crippen LogP contribution is -2.21. The average Bonchev–Trinajstić information content (AvgIpc) is 2.70. The second-order valence-electron chi connectivity index (χ2n) is 3.13. The van der Waals surface area contributed by atoms with Crippen molar-refractivity contribution >= 4 is 5.97 Å². The van der Waals surface area contributed by atoms with Crippen molar-refractivity contribution in [3.8, 4) is 0 Å². The fraction of sp³-hybridized carbons (Fsp3) is 0.100. The third kappa shape index (κ3) is 2.00. The number of carboxylic acids is 1. The Kier molecular flexibility index (Phi) is 2.55. The van der Waals surface area contributed by atoms with Crippen molar-refractivity contribution in [1.29, 1.82) is 0 Å². The van der Waals surface area contributed by atoms with Crippen LogP contribution in [0.4, 0.5) is 0 Å². The Bertz CT molecular complexity index is 570. The van der Waals surface area contributed by atoms with Gasteiger partial charge in [0.1, 0.15) is 18.6 Å². The molecule has 0 atom stereocenters. The zero-order valence-corrected chi connectivity index (χ0v) is 8.16. The highest BCUT2D eigenvalue weighted by Gasteiger charge is 2.09. The fourth-order valence-electron chi connectivity index (χ4n) is 1.23. The molecule has 0 aliphatic rings. The molecule has 0 unspecified atom stereocenters. The van der Waals surface area contributed by atoms with Gasteiger partial charge in [-0.15, -0.1) is 0 Å². The van der Waals surface area contributed by atoms with Crippen LogP contribution < -0.4 is 5.56 Å². The first-order chi connectivity index (χ1) is 7.66. The maximum atomic E-state index is 11.3. The van der Waals surface area contributed by atoms with E-state index in [-0.39, 0.29) is 17.7 Å². The summed E-state index contributed by atoms with van der Waals surface area (Å²) in [6.07, 6.45) is 2.61. The highest BCUT2D eigenvalue weighted by Crippen LogP contribution is 2.08. The van der Waals surface area contributed by atoms with Gasteiger partial charge in [-0.25, -0.2) is 9.48 Å². The van der Waals surface area contributed by atoms with Crippen molar-refractivity contribution in [1.82, 2.24) is 9.78 Å². The van der Waals surface area contributed by atoms with Crippen molar-refractivity contribution < 1.29 is 14.3 Å². The molecule has 1 N–H and O–H groups in total. The quantitative estimate of drug-likeness (QED) is 0.817. The van der Waals surface area contributed by atoms with Gasteiger partial charge in [0.25, 0.3) is 5.56 Å². The Labute approximate surface area is 89.7 Å². The van der Waals surface area contributed by atoms with Gasteiger partial charge >= 0.3 is 5.97 Å². The maximum absolute atomic E-state index is 11.3. The number of carboxylic acid groups (broad SMARTS) is 1. The van der Waals surface area contributed by atoms with E-state index in [0.717, 1.165) is 6.26 Å². The number of nitrogens with zero attached hydrogens (tertiary/aromatic N) is 2. The summed E-state index contributed by atoms with van der Waals surface area (Å²) in [5.41, 5.74) is -0.213. The van der Waals surface area contributed by atoms with E-state index in [2.05, 4.69) is 5.10 Å². The summed E-state index contributed by atoms with van der Waals surface area (Å²) < 4.78 is 6.19. The third-order valence-corrected chi connectivity index (χ3v) is 1.99. The van der Waals surface area contributed by atoms with Crippen LogP contribution in [0.3, 0.4) is 0 Å². The molecule has 0 amide bonds. The molecular weight excluding hydrogens is 212 g/mol. The first-order valence-electron chi connectivity index (χ1n) is 4.49. The van der Waals surface area contributed by atoms with Crippen molar-refractivity contribution in [3.05, 3.63) is 52.3 Å². The predicted molar refractivity (Wildman–Crippen MR) is 53.3 cm³/mol. The minimum atomic E-state index is -1.07. The van der Waals surface area contributed by atoms with Crippen molar-refractivity contribution in [2.75, 3.05) is 0 Å². The van der Waals surface area contributed by atoms with E-state index in [1.165, 1.54) is 29.1 Å². The number of hydrogen-bond acceptors (Lipinski definition) is 4. The Morgan fingerprint density at radius 1 is 1.56 bits per heavy atom. The highest BCUT2D eigenvalue weighted by atomic mass is 16.4. The SMILES string of the molecule is O=C(O)c1coc(Cn2ncccc2=O)c1. The van der Waals surface area contributed by atoms with E-state index in [4.69, 9.17) is 9.52 Å². The largest absolute Gasteiger partial charge is 0.478 e. The van der Waals surface area contributed by atoms with E-state index in [9.17, 15) is 9.59 Å². The number of rotatable bonds is 3. The summed E-state index contributed by atoms with van der Waals surface area (Å²) in [6.45, 7) is 0.118. The number of aromatic nitrogens is 2. The standard InChI is InChI=1S/C10H8N2O4/c13-9-2-1-3-11-12(9)5-8-4-7(6-16-8)10(14)15/h1-4,6H,5H2,(H,14,15). The van der Waals surface area contributed by atoms with Crippen LogP contribution in [0.25, 0.3) is 0 Å². The molecule has 2 aromatic rings. The Morgan fingerprint density at radius 2 is 2.38 bits per heavy atom. The van der Waals surface area contributed by atoms with Crippen LogP contribution in [0.2, 0.25) is 0 Å². The lowest BCUT2D eigenvalue weighted by Gasteiger charge is -1.98. The number of aromatic carboxylic acids is 1. The normalized spacial score (nSPS) is 10.2. The zero-order chi connectivity index (χ0) is 11.5. The summed E-state index contributed by atoms with van der Waals surface area (Å²) >= 11 is 0. The average molecular weight is 220 g/mol. The molecule has 2 heterocycles. The van der Waals surface area contributed by atoms with Crippen LogP contribution in [-0.2, 0) is 6.54 Å². The topological polar surface area (TPSA) is 85.3 Å². The smallest absolute Gasteiger partial charge is 0.338 e. The number of carbonyl (C=O) groups is 1. The molecule has 0 radical (unpaired) electrons. The summed E-state index contributed by atoms with van der Waals surface area (Å²) in [5, 5.41) is 12.5. The molecule has 6 nitrogen and oxygen atoms in total. The number of hydrogen-bond donors (Lipinski definition) is 1. The molecule has 0 fully saturated rings. The monoisotopic (exact) mass is 220 g/mol. The van der Waals surface area contributed by atoms with Crippen LogP contribution >= 0.6 is 0 Å². The summed E-state index contributed by atoms with van der Waals surface area (Å²) in [5.74, 6) is -0.693. The van der Waals surface area contributed by atoms with E-state index < -0.39 is 5.97 Å². The molecule has 0 aliphatic carbocycles. The summed E-state index contributed by atoms with van der Waals surface area (Å²) in [6, 6.07) is 4.27. The molecule has 0 spiro atoms. The minimum absolute atomic E-state index is 0.0546. The second-order valence-corrected chi connectivity index (χ2v) is 3.13. The maximum Gasteiger partial charge on any atom is 0.338 e. The molecule has 0 bridgehead atoms. The van der Waals surface area contributed by atoms with Crippen molar-refractivity contribution in [3.63, 3.8) is 0 Å². The van der Waals surface area contributed by atoms with Gasteiger partial charge < -0.3 is 9.52 Å². The summed E-state index contributed by atoms with van der Waals surface area (Å²) in [4.78, 5) is 21.9. The number of furan rings is 1. The predicted octanol–water partition coefficient (Wildman–Crippen LogP) is 0.583. The minimum Gasteiger partial charge on any atom is -0.478 e. The fourth-order valence-corrected chi connectivity index (χ4v) is 1.23. The van der Waals surface area contributed by atoms with Gasteiger partial charge in [-0.2, -0.15) is 5.10 Å². The highest BCUT2D eigenvalue weighted by molar-refractivity contribution is 5.87.